The van der Waals surface area contributed by atoms with E-state index < -0.39 is 18.3 Å². The Morgan fingerprint density at radius 3 is 1.17 bits per heavy atom. The van der Waals surface area contributed by atoms with Crippen LogP contribution in [-0.4, -0.2) is 58.1 Å². The van der Waals surface area contributed by atoms with Crippen LogP contribution in [0.3, 0.4) is 0 Å². The molecule has 0 spiro atoms. The third-order valence-corrected chi connectivity index (χ3v) is 2.58. The zero-order valence-corrected chi connectivity index (χ0v) is 8.71. The van der Waals surface area contributed by atoms with Crippen LogP contribution in [0, 0.1) is 11.6 Å². The first-order valence-corrected chi connectivity index (χ1v) is 5.03. The van der Waals surface area contributed by atoms with Crippen LogP contribution in [0.25, 0.3) is 0 Å². The number of hydrogen-bond acceptors (Lipinski definition) is 0. The summed E-state index contributed by atoms with van der Waals surface area (Å²) in [5.74, 6) is -1.14. The second-order valence-electron chi connectivity index (χ2n) is 3.77. The van der Waals surface area contributed by atoms with Crippen LogP contribution in [0.2, 0.25) is 0 Å². The van der Waals surface area contributed by atoms with Gasteiger partial charge in [-0.1, -0.05) is 24.3 Å². The second kappa shape index (κ2) is 6.34. The molecule has 0 saturated carbocycles. The van der Waals surface area contributed by atoms with E-state index in [4.69, 9.17) is 0 Å². The Labute approximate surface area is 145 Å². The standard InChI is InChI=1S/C12H8BF4.K.H/c14-11-5-1-9(2-6-11)13(16,17)10-3-7-12(15)8-4-10;;/h1-8H;;/q-1;;. The van der Waals surface area contributed by atoms with Crippen molar-refractivity contribution in [1.29, 1.82) is 0 Å². The number of hydrogen-bond donors (Lipinski definition) is 0. The number of benzene rings is 2. The molecule has 0 N–H and O–H groups in total. The van der Waals surface area contributed by atoms with E-state index in [1.807, 2.05) is 0 Å². The molecule has 0 aromatic heterocycles. The minimum atomic E-state index is -3.97. The molecule has 0 bridgehead atoms. The molecule has 0 aliphatic rings. The third-order valence-electron chi connectivity index (χ3n) is 2.58. The second-order valence-corrected chi connectivity index (χ2v) is 3.77. The normalized spacial score (nSPS) is 10.9. The minimum absolute atomic E-state index is 0. The molecule has 0 saturated heterocycles. The molecule has 0 radical (unpaired) electrons. The van der Waals surface area contributed by atoms with Gasteiger partial charge in [-0.15, -0.1) is 10.9 Å². The van der Waals surface area contributed by atoms with Gasteiger partial charge < -0.3 is 8.63 Å². The number of halogens is 4. The van der Waals surface area contributed by atoms with Crippen LogP contribution in [0.15, 0.2) is 48.5 Å². The van der Waals surface area contributed by atoms with Gasteiger partial charge in [0.15, 0.2) is 0 Å². The number of rotatable bonds is 2. The summed E-state index contributed by atoms with van der Waals surface area (Å²) in [6.07, 6.45) is 0. The summed E-state index contributed by atoms with van der Waals surface area (Å²) >= 11 is 0. The Hall–Kier alpha value is -0.139. The molecular weight excluding hydrogens is 270 g/mol. The molecule has 2 aromatic carbocycles. The molecule has 0 heterocycles. The van der Waals surface area contributed by atoms with Gasteiger partial charge in [-0.3, -0.25) is 0 Å². The molecule has 0 amide bonds. The molecule has 0 fully saturated rings. The van der Waals surface area contributed by atoms with Crippen LogP contribution in [0.1, 0.15) is 0 Å². The summed E-state index contributed by atoms with van der Waals surface area (Å²) in [6, 6.07) is 8.08. The van der Waals surface area contributed by atoms with Gasteiger partial charge in [0.25, 0.3) is 0 Å². The molecule has 2 rings (SSSR count). The SMILES string of the molecule is Fc1ccc([B-](F)(F)c2ccc(F)cc2)cc1.[KH]. The Morgan fingerprint density at radius 2 is 0.889 bits per heavy atom. The van der Waals surface area contributed by atoms with Crippen molar-refractivity contribution in [3.8, 4) is 0 Å². The average molecular weight is 279 g/mol. The maximum atomic E-state index is 14.0. The fraction of sp³-hybridized carbons (Fsp3) is 0. The molecule has 18 heavy (non-hydrogen) atoms. The molecule has 0 aliphatic carbocycles. The van der Waals surface area contributed by atoms with E-state index in [2.05, 4.69) is 0 Å². The van der Waals surface area contributed by atoms with Crippen molar-refractivity contribution >= 4 is 69.0 Å². The molecule has 6 heteroatoms. The molecule has 0 aliphatic heterocycles. The van der Waals surface area contributed by atoms with Crippen molar-refractivity contribution < 1.29 is 17.4 Å². The van der Waals surface area contributed by atoms with Crippen molar-refractivity contribution in [3.05, 3.63) is 60.2 Å². The summed E-state index contributed by atoms with van der Waals surface area (Å²) < 4.78 is 53.2. The monoisotopic (exact) mass is 279 g/mol. The van der Waals surface area contributed by atoms with E-state index >= 15 is 0 Å². The molecule has 90 valence electrons. The van der Waals surface area contributed by atoms with Gasteiger partial charge >= 0.3 is 58.1 Å². The van der Waals surface area contributed by atoms with Gasteiger partial charge in [0.1, 0.15) is 11.6 Å². The van der Waals surface area contributed by atoms with Crippen LogP contribution in [-0.2, 0) is 0 Å². The molecule has 0 atom stereocenters. The van der Waals surface area contributed by atoms with Crippen LogP contribution in [0.5, 0.6) is 0 Å². The van der Waals surface area contributed by atoms with Crippen LogP contribution in [0.4, 0.5) is 17.4 Å². The third kappa shape index (κ3) is 3.45. The molecule has 0 unspecified atom stereocenters. The van der Waals surface area contributed by atoms with Crippen molar-refractivity contribution in [3.63, 3.8) is 0 Å². The zero-order valence-electron chi connectivity index (χ0n) is 8.71. The quantitative estimate of drug-likeness (QED) is 0.581. The van der Waals surface area contributed by atoms with Crippen molar-refractivity contribution in [2.75, 3.05) is 0 Å². The van der Waals surface area contributed by atoms with E-state index in [0.717, 1.165) is 48.5 Å². The Kier molecular flexibility index (Phi) is 5.61. The van der Waals surface area contributed by atoms with E-state index in [1.54, 1.807) is 0 Å². The fourth-order valence-electron chi connectivity index (χ4n) is 1.60. The molecule has 2 aromatic rings. The summed E-state index contributed by atoms with van der Waals surface area (Å²) in [6.45, 7) is -3.97. The van der Waals surface area contributed by atoms with Crippen LogP contribution >= 0.6 is 0 Å². The predicted molar refractivity (Wildman–Crippen MR) is 67.2 cm³/mol. The first kappa shape index (κ1) is 15.9. The van der Waals surface area contributed by atoms with Crippen molar-refractivity contribution in [2.45, 2.75) is 0 Å². The first-order chi connectivity index (χ1) is 8.00. The van der Waals surface area contributed by atoms with Crippen molar-refractivity contribution in [1.82, 2.24) is 0 Å². The average Bonchev–Trinajstić information content (AvgIpc) is 2.30. The Morgan fingerprint density at radius 1 is 0.611 bits per heavy atom. The molecular formula is C12H9BF4K-. The zero-order chi connectivity index (χ0) is 12.5. The van der Waals surface area contributed by atoms with Gasteiger partial charge in [-0.25, -0.2) is 8.78 Å². The van der Waals surface area contributed by atoms with Crippen LogP contribution < -0.4 is 10.9 Å². The predicted octanol–water partition coefficient (Wildman–Crippen LogP) is 1.81. The van der Waals surface area contributed by atoms with Gasteiger partial charge in [0.05, 0.1) is 0 Å². The van der Waals surface area contributed by atoms with Crippen molar-refractivity contribution in [2.24, 2.45) is 0 Å². The van der Waals surface area contributed by atoms with Gasteiger partial charge in [-0.05, 0) is 24.3 Å². The van der Waals surface area contributed by atoms with E-state index in [1.165, 1.54) is 0 Å². The fourth-order valence-corrected chi connectivity index (χ4v) is 1.60. The van der Waals surface area contributed by atoms with Gasteiger partial charge in [-0.2, -0.15) is 0 Å². The summed E-state index contributed by atoms with van der Waals surface area (Å²) in [7, 11) is 0. The Balaban J connectivity index is 0.00000162. The van der Waals surface area contributed by atoms with E-state index in [0.29, 0.717) is 0 Å². The van der Waals surface area contributed by atoms with Gasteiger partial charge in [0, 0.05) is 0 Å². The summed E-state index contributed by atoms with van der Waals surface area (Å²) in [5, 5.41) is 0. The topological polar surface area (TPSA) is 0 Å². The Bertz CT molecular complexity index is 463. The maximum absolute atomic E-state index is 14.0. The summed E-state index contributed by atoms with van der Waals surface area (Å²) in [4.78, 5) is 0. The first-order valence-electron chi connectivity index (χ1n) is 5.03. The van der Waals surface area contributed by atoms with E-state index in [9.17, 15) is 17.4 Å². The summed E-state index contributed by atoms with van der Waals surface area (Å²) in [5.41, 5.74) is -0.531. The van der Waals surface area contributed by atoms with Gasteiger partial charge in [0.2, 0.25) is 0 Å². The molecule has 0 nitrogen and oxygen atoms in total. The van der Waals surface area contributed by atoms with E-state index in [-0.39, 0.29) is 62.3 Å².